The second-order valence-electron chi connectivity index (χ2n) is 5.01. The van der Waals surface area contributed by atoms with Crippen molar-refractivity contribution in [2.75, 3.05) is 18.1 Å². The van der Waals surface area contributed by atoms with Crippen molar-refractivity contribution in [3.8, 4) is 0 Å². The summed E-state index contributed by atoms with van der Waals surface area (Å²) < 4.78 is 0. The first-order chi connectivity index (χ1) is 8.11. The minimum absolute atomic E-state index is 0.0882. The van der Waals surface area contributed by atoms with Crippen LogP contribution in [0.3, 0.4) is 0 Å². The van der Waals surface area contributed by atoms with Crippen molar-refractivity contribution in [1.29, 1.82) is 0 Å². The van der Waals surface area contributed by atoms with E-state index in [1.165, 1.54) is 5.56 Å². The number of hydrogen-bond donors (Lipinski definition) is 1. The van der Waals surface area contributed by atoms with Gasteiger partial charge >= 0.3 is 0 Å². The molecule has 3 heteroatoms. The van der Waals surface area contributed by atoms with E-state index in [9.17, 15) is 4.79 Å². The number of hydrogen-bond acceptors (Lipinski definition) is 2. The molecule has 17 heavy (non-hydrogen) atoms. The van der Waals surface area contributed by atoms with Gasteiger partial charge in [-0.3, -0.25) is 4.79 Å². The number of carbonyl (C=O) groups excluding carboxylic acids is 1. The molecule has 0 bridgehead atoms. The molecule has 1 heterocycles. The van der Waals surface area contributed by atoms with Crippen LogP contribution in [0.5, 0.6) is 0 Å². The minimum atomic E-state index is 0.0882. The Morgan fingerprint density at radius 2 is 2.24 bits per heavy atom. The Kier molecular flexibility index (Phi) is 3.48. The molecule has 1 aliphatic rings. The standard InChI is InChI=1S/C14H19NO2/c1-10(2)12-4-3-5-13(7-12)15-8-11(9-16)6-14(15)17/h3-5,7,10-11,16H,6,8-9H2,1-2H3. The van der Waals surface area contributed by atoms with Gasteiger partial charge < -0.3 is 10.0 Å². The summed E-state index contributed by atoms with van der Waals surface area (Å²) in [4.78, 5) is 13.6. The summed E-state index contributed by atoms with van der Waals surface area (Å²) in [6, 6.07) is 8.11. The van der Waals surface area contributed by atoms with E-state index in [1.807, 2.05) is 12.1 Å². The van der Waals surface area contributed by atoms with Crippen molar-refractivity contribution in [3.05, 3.63) is 29.8 Å². The van der Waals surface area contributed by atoms with E-state index in [-0.39, 0.29) is 18.4 Å². The van der Waals surface area contributed by atoms with Crippen LogP contribution in [0, 0.1) is 5.92 Å². The van der Waals surface area contributed by atoms with E-state index in [4.69, 9.17) is 5.11 Å². The average molecular weight is 233 g/mol. The normalized spacial score (nSPS) is 20.4. The monoisotopic (exact) mass is 233 g/mol. The van der Waals surface area contributed by atoms with Crippen LogP contribution in [0.15, 0.2) is 24.3 Å². The Morgan fingerprint density at radius 3 is 2.82 bits per heavy atom. The van der Waals surface area contributed by atoms with E-state index in [0.717, 1.165) is 5.69 Å². The molecule has 0 aliphatic carbocycles. The number of aliphatic hydroxyl groups is 1. The second-order valence-corrected chi connectivity index (χ2v) is 5.01. The molecule has 1 aliphatic heterocycles. The summed E-state index contributed by atoms with van der Waals surface area (Å²) in [7, 11) is 0. The summed E-state index contributed by atoms with van der Waals surface area (Å²) in [5, 5.41) is 9.11. The lowest BCUT2D eigenvalue weighted by Crippen LogP contribution is -2.24. The molecule has 2 rings (SSSR count). The van der Waals surface area contributed by atoms with Gasteiger partial charge in [-0.25, -0.2) is 0 Å². The first-order valence-electron chi connectivity index (χ1n) is 6.13. The molecule has 0 radical (unpaired) electrons. The SMILES string of the molecule is CC(C)c1cccc(N2CC(CO)CC2=O)c1. The molecular weight excluding hydrogens is 214 g/mol. The minimum Gasteiger partial charge on any atom is -0.396 e. The van der Waals surface area contributed by atoms with Crippen molar-refractivity contribution in [1.82, 2.24) is 0 Å². The molecule has 0 aromatic heterocycles. The lowest BCUT2D eigenvalue weighted by molar-refractivity contribution is -0.117. The summed E-state index contributed by atoms with van der Waals surface area (Å²) in [6.45, 7) is 5.01. The van der Waals surface area contributed by atoms with Crippen LogP contribution in [0.25, 0.3) is 0 Å². The Hall–Kier alpha value is -1.35. The smallest absolute Gasteiger partial charge is 0.227 e. The first kappa shape index (κ1) is 12.1. The number of anilines is 1. The summed E-state index contributed by atoms with van der Waals surface area (Å²) >= 11 is 0. The van der Waals surface area contributed by atoms with Gasteiger partial charge in [-0.2, -0.15) is 0 Å². The number of benzene rings is 1. The molecule has 0 saturated carbocycles. The highest BCUT2D eigenvalue weighted by atomic mass is 16.3. The van der Waals surface area contributed by atoms with Crippen molar-refractivity contribution in [2.24, 2.45) is 5.92 Å². The van der Waals surface area contributed by atoms with E-state index < -0.39 is 0 Å². The maximum atomic E-state index is 11.8. The molecule has 1 unspecified atom stereocenters. The van der Waals surface area contributed by atoms with Gasteiger partial charge in [0.05, 0.1) is 0 Å². The average Bonchev–Trinajstić information content (AvgIpc) is 2.71. The molecule has 1 fully saturated rings. The second kappa shape index (κ2) is 4.88. The molecular formula is C14H19NO2. The van der Waals surface area contributed by atoms with Gasteiger partial charge in [0.25, 0.3) is 0 Å². The molecule has 1 aromatic carbocycles. The van der Waals surface area contributed by atoms with Gasteiger partial charge in [-0.1, -0.05) is 26.0 Å². The third-order valence-electron chi connectivity index (χ3n) is 3.31. The van der Waals surface area contributed by atoms with Crippen LogP contribution in [-0.4, -0.2) is 24.2 Å². The van der Waals surface area contributed by atoms with E-state index >= 15 is 0 Å². The van der Waals surface area contributed by atoms with E-state index in [2.05, 4.69) is 26.0 Å². The van der Waals surface area contributed by atoms with Crippen LogP contribution >= 0.6 is 0 Å². The first-order valence-corrected chi connectivity index (χ1v) is 6.13. The Morgan fingerprint density at radius 1 is 1.47 bits per heavy atom. The van der Waals surface area contributed by atoms with E-state index in [1.54, 1.807) is 4.90 Å². The molecule has 1 saturated heterocycles. The fourth-order valence-electron chi connectivity index (χ4n) is 2.21. The zero-order valence-electron chi connectivity index (χ0n) is 10.4. The molecule has 0 spiro atoms. The predicted octanol–water partition coefficient (Wildman–Crippen LogP) is 2.16. The van der Waals surface area contributed by atoms with Gasteiger partial charge in [0, 0.05) is 31.2 Å². The van der Waals surface area contributed by atoms with Crippen molar-refractivity contribution in [3.63, 3.8) is 0 Å². The van der Waals surface area contributed by atoms with Crippen LogP contribution < -0.4 is 4.90 Å². The largest absolute Gasteiger partial charge is 0.396 e. The van der Waals surface area contributed by atoms with Gasteiger partial charge in [-0.05, 0) is 23.6 Å². The number of aliphatic hydroxyl groups excluding tert-OH is 1. The van der Waals surface area contributed by atoms with Gasteiger partial charge in [0.15, 0.2) is 0 Å². The van der Waals surface area contributed by atoms with E-state index in [0.29, 0.717) is 18.9 Å². The van der Waals surface area contributed by atoms with Crippen molar-refractivity contribution >= 4 is 11.6 Å². The van der Waals surface area contributed by atoms with Crippen molar-refractivity contribution < 1.29 is 9.90 Å². The molecule has 3 nitrogen and oxygen atoms in total. The van der Waals surface area contributed by atoms with Crippen LogP contribution in [0.4, 0.5) is 5.69 Å². The highest BCUT2D eigenvalue weighted by Crippen LogP contribution is 2.27. The fraction of sp³-hybridized carbons (Fsp3) is 0.500. The summed E-state index contributed by atoms with van der Waals surface area (Å²) in [6.07, 6.45) is 0.461. The van der Waals surface area contributed by atoms with Gasteiger partial charge in [-0.15, -0.1) is 0 Å². The van der Waals surface area contributed by atoms with Crippen LogP contribution in [0.1, 0.15) is 31.7 Å². The molecule has 92 valence electrons. The Labute approximate surface area is 102 Å². The molecule has 1 amide bonds. The molecule has 1 aromatic rings. The quantitative estimate of drug-likeness (QED) is 0.869. The summed E-state index contributed by atoms with van der Waals surface area (Å²) in [5.41, 5.74) is 2.19. The van der Waals surface area contributed by atoms with Gasteiger partial charge in [0.2, 0.25) is 5.91 Å². The highest BCUT2D eigenvalue weighted by molar-refractivity contribution is 5.95. The maximum Gasteiger partial charge on any atom is 0.227 e. The fourth-order valence-corrected chi connectivity index (χ4v) is 2.21. The van der Waals surface area contributed by atoms with Crippen molar-refractivity contribution in [2.45, 2.75) is 26.2 Å². The third kappa shape index (κ3) is 2.50. The predicted molar refractivity (Wildman–Crippen MR) is 68.1 cm³/mol. The van der Waals surface area contributed by atoms with Crippen LogP contribution in [0.2, 0.25) is 0 Å². The molecule has 1 N–H and O–H groups in total. The third-order valence-corrected chi connectivity index (χ3v) is 3.31. The van der Waals surface area contributed by atoms with Crippen LogP contribution in [-0.2, 0) is 4.79 Å². The zero-order valence-corrected chi connectivity index (χ0v) is 10.4. The Bertz CT molecular complexity index is 414. The van der Waals surface area contributed by atoms with Gasteiger partial charge in [0.1, 0.15) is 0 Å². The molecule has 1 atom stereocenters. The highest BCUT2D eigenvalue weighted by Gasteiger charge is 2.30. The lowest BCUT2D eigenvalue weighted by Gasteiger charge is -2.18. The number of carbonyl (C=O) groups is 1. The number of amides is 1. The summed E-state index contributed by atoms with van der Waals surface area (Å²) in [5.74, 6) is 0.663. The maximum absolute atomic E-state index is 11.8. The topological polar surface area (TPSA) is 40.5 Å². The zero-order chi connectivity index (χ0) is 12.4. The lowest BCUT2D eigenvalue weighted by atomic mass is 10.0. The number of nitrogens with zero attached hydrogens (tertiary/aromatic N) is 1. The Balaban J connectivity index is 2.22. The number of rotatable bonds is 3.